The summed E-state index contributed by atoms with van der Waals surface area (Å²) in [4.78, 5) is 18.8. The highest BCUT2D eigenvalue weighted by molar-refractivity contribution is 7.99. The maximum Gasteiger partial charge on any atom is 0.416 e. The number of H-pyrrole nitrogens is 1. The van der Waals surface area contributed by atoms with E-state index in [1.165, 1.54) is 23.9 Å². The summed E-state index contributed by atoms with van der Waals surface area (Å²) >= 11 is 1.38. The molecule has 5 rings (SSSR count). The number of hydrogen-bond donors (Lipinski definition) is 2. The van der Waals surface area contributed by atoms with Gasteiger partial charge in [0.2, 0.25) is 0 Å². The molecule has 0 unspecified atom stereocenters. The van der Waals surface area contributed by atoms with Crippen LogP contribution in [0.15, 0.2) is 101 Å². The van der Waals surface area contributed by atoms with E-state index in [9.17, 15) is 18.0 Å². The van der Waals surface area contributed by atoms with Crippen LogP contribution in [0.1, 0.15) is 27.3 Å². The Kier molecular flexibility index (Phi) is 6.78. The molecule has 2 aromatic heterocycles. The fourth-order valence-corrected chi connectivity index (χ4v) is 4.68. The van der Waals surface area contributed by atoms with E-state index >= 15 is 0 Å². The molecule has 2 N–H and O–H groups in total. The molecule has 0 aliphatic heterocycles. The van der Waals surface area contributed by atoms with E-state index < -0.39 is 17.6 Å². The van der Waals surface area contributed by atoms with Crippen molar-refractivity contribution in [2.75, 3.05) is 5.32 Å². The molecule has 184 valence electrons. The number of hydrogen-bond acceptors (Lipinski definition) is 4. The number of nitrogens with zero attached hydrogens (tertiary/aromatic N) is 2. The molecule has 9 heteroatoms. The largest absolute Gasteiger partial charge is 0.416 e. The van der Waals surface area contributed by atoms with E-state index in [0.717, 1.165) is 39.3 Å². The standard InChI is InChI=1S/C28H19F3N4OS/c29-28(30,31)18-6-5-8-20(16-18)33-27(36)23-9-1-2-10-26(23)37-21-12-13-22-24(34-35-25(22)17-21)14-11-19-7-3-4-15-32-19/h1-17H,(H,33,36)(H,34,35)/b14-11+. The van der Waals surface area contributed by atoms with Gasteiger partial charge in [-0.3, -0.25) is 14.9 Å². The van der Waals surface area contributed by atoms with Gasteiger partial charge in [-0.2, -0.15) is 18.3 Å². The molecule has 0 fully saturated rings. The van der Waals surface area contributed by atoms with Crippen LogP contribution in [0.25, 0.3) is 23.1 Å². The topological polar surface area (TPSA) is 70.7 Å². The van der Waals surface area contributed by atoms with Crippen LogP contribution in [0.2, 0.25) is 0 Å². The monoisotopic (exact) mass is 516 g/mol. The molecule has 0 saturated carbocycles. The Morgan fingerprint density at radius 2 is 1.76 bits per heavy atom. The molecular weight excluding hydrogens is 497 g/mol. The summed E-state index contributed by atoms with van der Waals surface area (Å²) in [5, 5.41) is 10.9. The van der Waals surface area contributed by atoms with E-state index in [1.807, 2.05) is 48.6 Å². The summed E-state index contributed by atoms with van der Waals surface area (Å²) in [5.41, 5.74) is 2.04. The normalized spacial score (nSPS) is 11.8. The number of aromatic amines is 1. The molecule has 0 bridgehead atoms. The number of amides is 1. The highest BCUT2D eigenvalue weighted by Gasteiger charge is 2.30. The Labute approximate surface area is 214 Å². The van der Waals surface area contributed by atoms with Crippen molar-refractivity contribution < 1.29 is 18.0 Å². The first-order valence-corrected chi connectivity index (χ1v) is 12.0. The zero-order chi connectivity index (χ0) is 25.8. The molecule has 0 spiro atoms. The lowest BCUT2D eigenvalue weighted by Crippen LogP contribution is -2.14. The van der Waals surface area contributed by atoms with Crippen molar-refractivity contribution >= 4 is 46.4 Å². The maximum absolute atomic E-state index is 13.0. The Hall–Kier alpha value is -4.37. The van der Waals surface area contributed by atoms with Crippen molar-refractivity contribution in [3.05, 3.63) is 114 Å². The number of nitrogens with one attached hydrogen (secondary N) is 2. The minimum Gasteiger partial charge on any atom is -0.322 e. The Balaban J connectivity index is 1.35. The van der Waals surface area contributed by atoms with Gasteiger partial charge in [-0.1, -0.05) is 36.0 Å². The van der Waals surface area contributed by atoms with Crippen LogP contribution >= 0.6 is 11.8 Å². The molecule has 37 heavy (non-hydrogen) atoms. The van der Waals surface area contributed by atoms with Gasteiger partial charge in [0.05, 0.1) is 28.0 Å². The average Bonchev–Trinajstić information content (AvgIpc) is 3.30. The first-order valence-electron chi connectivity index (χ1n) is 11.2. The smallest absolute Gasteiger partial charge is 0.322 e. The summed E-state index contributed by atoms with van der Waals surface area (Å²) in [6.45, 7) is 0. The highest BCUT2D eigenvalue weighted by Crippen LogP contribution is 2.34. The summed E-state index contributed by atoms with van der Waals surface area (Å²) in [7, 11) is 0. The highest BCUT2D eigenvalue weighted by atomic mass is 32.2. The van der Waals surface area contributed by atoms with Crippen molar-refractivity contribution in [3.8, 4) is 0 Å². The predicted molar refractivity (Wildman–Crippen MR) is 139 cm³/mol. The van der Waals surface area contributed by atoms with Gasteiger partial charge in [0.25, 0.3) is 5.91 Å². The third kappa shape index (κ3) is 5.73. The molecule has 0 aliphatic rings. The molecular formula is C28H19F3N4OS. The van der Waals surface area contributed by atoms with E-state index in [4.69, 9.17) is 0 Å². The minimum atomic E-state index is -4.49. The van der Waals surface area contributed by atoms with Crippen molar-refractivity contribution in [1.29, 1.82) is 0 Å². The Morgan fingerprint density at radius 3 is 2.57 bits per heavy atom. The molecule has 3 aromatic carbocycles. The molecule has 0 saturated heterocycles. The third-order valence-electron chi connectivity index (χ3n) is 5.47. The molecule has 0 atom stereocenters. The number of rotatable bonds is 6. The van der Waals surface area contributed by atoms with Gasteiger partial charge in [-0.15, -0.1) is 0 Å². The maximum atomic E-state index is 13.0. The van der Waals surface area contributed by atoms with Crippen LogP contribution in [0.4, 0.5) is 18.9 Å². The summed E-state index contributed by atoms with van der Waals surface area (Å²) in [6.07, 6.45) is 1.01. The number of pyridine rings is 1. The van der Waals surface area contributed by atoms with Gasteiger partial charge in [0.15, 0.2) is 0 Å². The number of fused-ring (bicyclic) bond motifs is 1. The number of halogens is 3. The Bertz CT molecular complexity index is 1600. The first kappa shape index (κ1) is 24.3. The van der Waals surface area contributed by atoms with Crippen LogP contribution < -0.4 is 5.32 Å². The number of carbonyl (C=O) groups is 1. The summed E-state index contributed by atoms with van der Waals surface area (Å²) in [5.74, 6) is -0.494. The molecule has 5 nitrogen and oxygen atoms in total. The van der Waals surface area contributed by atoms with Gasteiger partial charge in [-0.05, 0) is 72.8 Å². The molecule has 1 amide bonds. The lowest BCUT2D eigenvalue weighted by Gasteiger charge is -2.12. The minimum absolute atomic E-state index is 0.0739. The second-order valence-corrected chi connectivity index (χ2v) is 9.15. The zero-order valence-electron chi connectivity index (χ0n) is 19.2. The number of alkyl halides is 3. The Morgan fingerprint density at radius 1 is 0.919 bits per heavy atom. The summed E-state index contributed by atoms with van der Waals surface area (Å²) in [6, 6.07) is 23.0. The van der Waals surface area contributed by atoms with Crippen LogP contribution in [0, 0.1) is 0 Å². The van der Waals surface area contributed by atoms with Crippen molar-refractivity contribution in [3.63, 3.8) is 0 Å². The number of aromatic nitrogens is 3. The molecule has 0 aliphatic carbocycles. The van der Waals surface area contributed by atoms with Gasteiger partial charge in [0.1, 0.15) is 0 Å². The quantitative estimate of drug-likeness (QED) is 0.244. The SMILES string of the molecule is O=C(Nc1cccc(C(F)(F)F)c1)c1ccccc1Sc1ccc2c(/C=C/c3ccccn3)n[nH]c2c1. The summed E-state index contributed by atoms with van der Waals surface area (Å²) < 4.78 is 39.1. The van der Waals surface area contributed by atoms with E-state index in [2.05, 4.69) is 20.5 Å². The third-order valence-corrected chi connectivity index (χ3v) is 6.54. The second kappa shape index (κ2) is 10.3. The number of benzene rings is 3. The fourth-order valence-electron chi connectivity index (χ4n) is 3.69. The van der Waals surface area contributed by atoms with Crippen molar-refractivity contribution in [1.82, 2.24) is 15.2 Å². The lowest BCUT2D eigenvalue weighted by molar-refractivity contribution is -0.137. The van der Waals surface area contributed by atoms with Gasteiger partial charge >= 0.3 is 6.18 Å². The zero-order valence-corrected chi connectivity index (χ0v) is 20.0. The fraction of sp³-hybridized carbons (Fsp3) is 0.0357. The van der Waals surface area contributed by atoms with Crippen LogP contribution in [-0.2, 0) is 6.18 Å². The second-order valence-electron chi connectivity index (χ2n) is 8.04. The molecule has 5 aromatic rings. The predicted octanol–water partition coefficient (Wildman–Crippen LogP) is 7.55. The van der Waals surface area contributed by atoms with E-state index in [0.29, 0.717) is 10.5 Å². The average molecular weight is 517 g/mol. The van der Waals surface area contributed by atoms with Gasteiger partial charge < -0.3 is 5.32 Å². The van der Waals surface area contributed by atoms with Crippen molar-refractivity contribution in [2.24, 2.45) is 0 Å². The van der Waals surface area contributed by atoms with Crippen molar-refractivity contribution in [2.45, 2.75) is 16.0 Å². The van der Waals surface area contributed by atoms with E-state index in [-0.39, 0.29) is 5.69 Å². The molecule has 0 radical (unpaired) electrons. The van der Waals surface area contributed by atoms with Crippen LogP contribution in [0.5, 0.6) is 0 Å². The van der Waals surface area contributed by atoms with Crippen LogP contribution in [-0.4, -0.2) is 21.1 Å². The number of carbonyl (C=O) groups excluding carboxylic acids is 1. The molecule has 2 heterocycles. The first-order chi connectivity index (χ1) is 17.9. The van der Waals surface area contributed by atoms with Gasteiger partial charge in [0, 0.05) is 27.1 Å². The van der Waals surface area contributed by atoms with Gasteiger partial charge in [-0.25, -0.2) is 0 Å². The van der Waals surface area contributed by atoms with E-state index in [1.54, 1.807) is 30.5 Å². The number of anilines is 1. The lowest BCUT2D eigenvalue weighted by atomic mass is 10.1. The van der Waals surface area contributed by atoms with Crippen LogP contribution in [0.3, 0.4) is 0 Å².